The van der Waals surface area contributed by atoms with Crippen LogP contribution < -0.4 is 5.01 Å². The van der Waals surface area contributed by atoms with Crippen molar-refractivity contribution in [3.05, 3.63) is 64.1 Å². The van der Waals surface area contributed by atoms with E-state index in [1.807, 2.05) is 37.3 Å². The molecule has 1 aliphatic rings. The van der Waals surface area contributed by atoms with E-state index in [9.17, 15) is 9.90 Å². The molecule has 0 saturated heterocycles. The molecule has 2 aromatic rings. The van der Waals surface area contributed by atoms with Gasteiger partial charge in [0.15, 0.2) is 5.71 Å². The first kappa shape index (κ1) is 15.8. The Morgan fingerprint density at radius 1 is 1.17 bits per heavy atom. The van der Waals surface area contributed by atoms with E-state index in [0.717, 1.165) is 5.56 Å². The summed E-state index contributed by atoms with van der Waals surface area (Å²) >= 11 is 12.2. The molecule has 3 rings (SSSR count). The summed E-state index contributed by atoms with van der Waals surface area (Å²) in [5.74, 6) is -1.30. The van der Waals surface area contributed by atoms with Crippen LogP contribution in [0.15, 0.2) is 53.6 Å². The number of halogens is 2. The lowest BCUT2D eigenvalue weighted by Gasteiger charge is -2.27. The maximum absolute atomic E-state index is 11.5. The van der Waals surface area contributed by atoms with Crippen molar-refractivity contribution in [2.45, 2.75) is 13.0 Å². The summed E-state index contributed by atoms with van der Waals surface area (Å²) in [5.41, 5.74) is 1.73. The molecule has 2 aromatic carbocycles. The molecule has 0 spiro atoms. The van der Waals surface area contributed by atoms with Crippen molar-refractivity contribution < 1.29 is 9.90 Å². The van der Waals surface area contributed by atoms with Gasteiger partial charge in [-0.3, -0.25) is 5.01 Å². The van der Waals surface area contributed by atoms with Gasteiger partial charge in [0.25, 0.3) is 0 Å². The van der Waals surface area contributed by atoms with Crippen LogP contribution in [0.25, 0.3) is 0 Å². The monoisotopic (exact) mass is 348 g/mol. The average molecular weight is 349 g/mol. The Morgan fingerprint density at radius 2 is 1.87 bits per heavy atom. The van der Waals surface area contributed by atoms with Gasteiger partial charge in [-0.05, 0) is 23.8 Å². The van der Waals surface area contributed by atoms with Gasteiger partial charge in [0, 0.05) is 10.9 Å². The molecule has 4 nitrogen and oxygen atoms in total. The third-order valence-electron chi connectivity index (χ3n) is 3.90. The third kappa shape index (κ3) is 2.92. The Balaban J connectivity index is 2.11. The standard InChI is InChI=1S/C17H14Cl2N2O2/c1-10-15(17(22)23)20-21(14-8-7-12(18)9-13(14)19)16(10)11-5-3-2-4-6-11/h2-10,16H,1H3,(H,22,23)/t10-,16+/m0/s1. The average Bonchev–Trinajstić information content (AvgIpc) is 2.85. The number of aliphatic carboxylic acids is 1. The van der Waals surface area contributed by atoms with Gasteiger partial charge in [0.1, 0.15) is 0 Å². The normalized spacial score (nSPS) is 20.5. The predicted octanol–water partition coefficient (Wildman–Crippen LogP) is 4.63. The number of carbonyl (C=O) groups is 1. The van der Waals surface area contributed by atoms with E-state index < -0.39 is 5.97 Å². The van der Waals surface area contributed by atoms with Crippen molar-refractivity contribution in [3.63, 3.8) is 0 Å². The van der Waals surface area contributed by atoms with Crippen LogP contribution in [0.1, 0.15) is 18.5 Å². The fourth-order valence-corrected chi connectivity index (χ4v) is 3.31. The minimum atomic E-state index is -1.02. The second kappa shape index (κ2) is 6.22. The van der Waals surface area contributed by atoms with Gasteiger partial charge in [-0.15, -0.1) is 0 Å². The van der Waals surface area contributed by atoms with Gasteiger partial charge in [-0.2, -0.15) is 5.10 Å². The molecule has 0 saturated carbocycles. The number of hydrogen-bond donors (Lipinski definition) is 1. The summed E-state index contributed by atoms with van der Waals surface area (Å²) < 4.78 is 0. The van der Waals surface area contributed by atoms with Gasteiger partial charge < -0.3 is 5.11 Å². The maximum atomic E-state index is 11.5. The molecule has 1 heterocycles. The van der Waals surface area contributed by atoms with Crippen LogP contribution in [0.2, 0.25) is 10.0 Å². The third-order valence-corrected chi connectivity index (χ3v) is 4.44. The van der Waals surface area contributed by atoms with Crippen LogP contribution >= 0.6 is 23.2 Å². The molecule has 0 bridgehead atoms. The number of rotatable bonds is 3. The molecular weight excluding hydrogens is 335 g/mol. The molecule has 1 aliphatic heterocycles. The van der Waals surface area contributed by atoms with E-state index in [0.29, 0.717) is 15.7 Å². The number of carboxylic acids is 1. The van der Waals surface area contributed by atoms with Gasteiger partial charge in [-0.25, -0.2) is 4.79 Å². The molecule has 0 unspecified atom stereocenters. The predicted molar refractivity (Wildman–Crippen MR) is 92.4 cm³/mol. The number of hydrazone groups is 1. The number of carboxylic acid groups (broad SMARTS) is 1. The van der Waals surface area contributed by atoms with Crippen molar-refractivity contribution in [2.24, 2.45) is 11.0 Å². The fourth-order valence-electron chi connectivity index (χ4n) is 2.82. The highest BCUT2D eigenvalue weighted by Crippen LogP contribution is 2.42. The smallest absolute Gasteiger partial charge is 0.352 e. The zero-order valence-electron chi connectivity index (χ0n) is 12.3. The first-order chi connectivity index (χ1) is 11.0. The van der Waals surface area contributed by atoms with Crippen molar-refractivity contribution in [2.75, 3.05) is 5.01 Å². The molecule has 118 valence electrons. The molecule has 0 amide bonds. The minimum absolute atomic E-state index is 0.116. The van der Waals surface area contributed by atoms with Crippen LogP contribution in [0, 0.1) is 5.92 Å². The zero-order chi connectivity index (χ0) is 16.6. The second-order valence-corrected chi connectivity index (χ2v) is 6.22. The summed E-state index contributed by atoms with van der Waals surface area (Å²) in [4.78, 5) is 11.5. The largest absolute Gasteiger partial charge is 0.477 e. The van der Waals surface area contributed by atoms with E-state index in [1.54, 1.807) is 23.2 Å². The van der Waals surface area contributed by atoms with Crippen molar-refractivity contribution >= 4 is 40.6 Å². The number of nitrogens with zero attached hydrogens (tertiary/aromatic N) is 2. The Hall–Kier alpha value is -2.04. The van der Waals surface area contributed by atoms with Gasteiger partial charge in [-0.1, -0.05) is 60.5 Å². The first-order valence-electron chi connectivity index (χ1n) is 7.10. The Labute approximate surface area is 143 Å². The lowest BCUT2D eigenvalue weighted by molar-refractivity contribution is -0.129. The molecule has 0 aliphatic carbocycles. The van der Waals surface area contributed by atoms with Crippen LogP contribution in [0.4, 0.5) is 5.69 Å². The van der Waals surface area contributed by atoms with Crippen molar-refractivity contribution in [3.8, 4) is 0 Å². The number of hydrogen-bond acceptors (Lipinski definition) is 3. The molecule has 2 atom stereocenters. The molecule has 0 fully saturated rings. The van der Waals surface area contributed by atoms with Crippen molar-refractivity contribution in [1.82, 2.24) is 0 Å². The van der Waals surface area contributed by atoms with Crippen LogP contribution in [-0.2, 0) is 4.79 Å². The van der Waals surface area contributed by atoms with E-state index in [1.165, 1.54) is 0 Å². The summed E-state index contributed by atoms with van der Waals surface area (Å²) in [6.45, 7) is 1.86. The highest BCUT2D eigenvalue weighted by atomic mass is 35.5. The maximum Gasteiger partial charge on any atom is 0.352 e. The van der Waals surface area contributed by atoms with Crippen LogP contribution in [0.3, 0.4) is 0 Å². The summed E-state index contributed by atoms with van der Waals surface area (Å²) in [5, 5.41) is 16.3. The van der Waals surface area contributed by atoms with E-state index in [4.69, 9.17) is 23.2 Å². The van der Waals surface area contributed by atoms with Crippen molar-refractivity contribution in [1.29, 1.82) is 0 Å². The molecule has 6 heteroatoms. The second-order valence-electron chi connectivity index (χ2n) is 5.37. The van der Waals surface area contributed by atoms with E-state index in [2.05, 4.69) is 5.10 Å². The van der Waals surface area contributed by atoms with Gasteiger partial charge in [0.2, 0.25) is 0 Å². The van der Waals surface area contributed by atoms with E-state index in [-0.39, 0.29) is 17.7 Å². The quantitative estimate of drug-likeness (QED) is 0.879. The molecule has 23 heavy (non-hydrogen) atoms. The highest BCUT2D eigenvalue weighted by Gasteiger charge is 2.39. The van der Waals surface area contributed by atoms with Crippen LogP contribution in [0.5, 0.6) is 0 Å². The fraction of sp³-hybridized carbons (Fsp3) is 0.176. The Morgan fingerprint density at radius 3 is 2.48 bits per heavy atom. The lowest BCUT2D eigenvalue weighted by atomic mass is 9.91. The van der Waals surface area contributed by atoms with Gasteiger partial charge in [0.05, 0.1) is 16.8 Å². The summed E-state index contributed by atoms with van der Waals surface area (Å²) in [6, 6.07) is 14.5. The summed E-state index contributed by atoms with van der Waals surface area (Å²) in [6.07, 6.45) is 0. The topological polar surface area (TPSA) is 52.9 Å². The number of benzene rings is 2. The van der Waals surface area contributed by atoms with E-state index >= 15 is 0 Å². The zero-order valence-corrected chi connectivity index (χ0v) is 13.8. The first-order valence-corrected chi connectivity index (χ1v) is 7.85. The molecule has 0 radical (unpaired) electrons. The molecule has 0 aromatic heterocycles. The SMILES string of the molecule is C[C@H]1C(C(=O)O)=NN(c2ccc(Cl)cc2Cl)[C@H]1c1ccccc1. The summed E-state index contributed by atoms with van der Waals surface area (Å²) in [7, 11) is 0. The Bertz CT molecular complexity index is 777. The highest BCUT2D eigenvalue weighted by molar-refractivity contribution is 6.38. The van der Waals surface area contributed by atoms with Gasteiger partial charge >= 0.3 is 5.97 Å². The molecular formula is C17H14Cl2N2O2. The minimum Gasteiger partial charge on any atom is -0.477 e. The molecule has 1 N–H and O–H groups in total. The van der Waals surface area contributed by atoms with Crippen LogP contribution in [-0.4, -0.2) is 16.8 Å². The lowest BCUT2D eigenvalue weighted by Crippen LogP contribution is -2.25. The Kier molecular flexibility index (Phi) is 4.28. The number of anilines is 1.